The molecule has 0 atom stereocenters. The molecule has 0 saturated carbocycles. The van der Waals surface area contributed by atoms with E-state index >= 15 is 0 Å². The zero-order valence-corrected chi connectivity index (χ0v) is 13.9. The van der Waals surface area contributed by atoms with Crippen LogP contribution in [0.5, 0.6) is 5.75 Å². The van der Waals surface area contributed by atoms with Gasteiger partial charge in [0.15, 0.2) is 4.98 Å². The van der Waals surface area contributed by atoms with Crippen molar-refractivity contribution in [2.45, 2.75) is 0 Å². The first-order valence-corrected chi connectivity index (χ1v) is 3.89. The van der Waals surface area contributed by atoms with Gasteiger partial charge in [0.2, 0.25) is 11.1 Å². The van der Waals surface area contributed by atoms with E-state index in [1.165, 1.54) is 0 Å². The number of diazo groups is 1. The molecule has 0 aliphatic rings. The first-order chi connectivity index (χ1) is 6.19. The molecule has 0 N–H and O–H groups in total. The molecule has 4 nitrogen and oxygen atoms in total. The van der Waals surface area contributed by atoms with Crippen LogP contribution in [-0.2, 0) is 19.5 Å². The van der Waals surface area contributed by atoms with Gasteiger partial charge in [0, 0.05) is 51.4 Å². The monoisotopic (exact) mass is 312 g/mol. The predicted molar refractivity (Wildman–Crippen MR) is 52.1 cm³/mol. The number of ether oxygens (including phenoxy) is 1. The Balaban J connectivity index is -0.000000563. The molecule has 0 spiro atoms. The molecule has 0 saturated heterocycles. The van der Waals surface area contributed by atoms with Crippen LogP contribution in [0.25, 0.3) is 4.98 Å². The summed E-state index contributed by atoms with van der Waals surface area (Å²) in [6.07, 6.45) is 0. The van der Waals surface area contributed by atoms with E-state index in [4.69, 9.17) is 10.1 Å². The maximum Gasteiger partial charge on any atom is 0.426 e. The van der Waals surface area contributed by atoms with Crippen LogP contribution < -0.4 is 34.5 Å². The molecule has 0 heterocycles. The molecule has 86 valence electrons. The van der Waals surface area contributed by atoms with Crippen molar-refractivity contribution >= 4 is 11.4 Å². The Bertz CT molecular complexity index is 355. The normalized spacial score (nSPS) is 7.38. The molecular weight excluding hydrogens is 302 g/mol. The molecule has 1 aromatic carbocycles. The number of benzene rings is 1. The Morgan fingerprint density at radius 1 is 1.25 bits per heavy atom. The second kappa shape index (κ2) is 9.65. The quantitative estimate of drug-likeness (QED) is 0.416. The van der Waals surface area contributed by atoms with E-state index in [1.807, 2.05) is 31.1 Å². The van der Waals surface area contributed by atoms with Gasteiger partial charge in [0.05, 0.1) is 7.11 Å². The van der Waals surface area contributed by atoms with Gasteiger partial charge < -0.3 is 34.5 Å². The Labute approximate surface area is 121 Å². The summed E-state index contributed by atoms with van der Waals surface area (Å²) in [6, 6.07) is 5.38. The zero-order valence-electron chi connectivity index (χ0n) is 9.44. The summed E-state index contributed by atoms with van der Waals surface area (Å²) in [5.41, 5.74) is 1.44. The van der Waals surface area contributed by atoms with Crippen LogP contribution in [0, 0.1) is 5.39 Å². The van der Waals surface area contributed by atoms with Gasteiger partial charge in [-0.2, -0.15) is 0 Å². The van der Waals surface area contributed by atoms with E-state index in [0.717, 1.165) is 5.69 Å². The van der Waals surface area contributed by atoms with Crippen LogP contribution >= 0.6 is 0 Å². The minimum absolute atomic E-state index is 0. The van der Waals surface area contributed by atoms with Gasteiger partial charge in [0.25, 0.3) is 0 Å². The van der Waals surface area contributed by atoms with Gasteiger partial charge in [0.1, 0.15) is 0 Å². The predicted octanol–water partition coefficient (Wildman–Crippen LogP) is -3.75. The van der Waals surface area contributed by atoms with Gasteiger partial charge >= 0.3 is 5.69 Å². The van der Waals surface area contributed by atoms with E-state index in [0.29, 0.717) is 11.4 Å². The van der Waals surface area contributed by atoms with E-state index in [2.05, 4.69) is 4.98 Å². The molecule has 0 unspecified atom stereocenters. The van der Waals surface area contributed by atoms with Crippen LogP contribution in [-0.4, -0.2) is 21.2 Å². The summed E-state index contributed by atoms with van der Waals surface area (Å²) < 4.78 is 5.05. The fourth-order valence-corrected chi connectivity index (χ4v) is 1.03. The number of halogens is 2. The molecule has 1 rings (SSSR count). The molecule has 0 aliphatic heterocycles. The first kappa shape index (κ1) is 20.8. The largest absolute Gasteiger partial charge is 1.00 e. The minimum Gasteiger partial charge on any atom is -1.00 e. The van der Waals surface area contributed by atoms with Crippen molar-refractivity contribution in [1.29, 1.82) is 5.39 Å². The molecule has 0 aliphatic carbocycles. The second-order valence-corrected chi connectivity index (χ2v) is 2.85. The third-order valence-corrected chi connectivity index (χ3v) is 1.79. The number of anilines is 1. The molecule has 0 radical (unpaired) electrons. The average molecular weight is 315 g/mol. The van der Waals surface area contributed by atoms with Crippen molar-refractivity contribution in [3.63, 3.8) is 0 Å². The minimum atomic E-state index is 0. The van der Waals surface area contributed by atoms with Gasteiger partial charge in [-0.25, -0.2) is 0 Å². The van der Waals surface area contributed by atoms with E-state index in [9.17, 15) is 0 Å². The fourth-order valence-electron chi connectivity index (χ4n) is 1.03. The second-order valence-electron chi connectivity index (χ2n) is 2.85. The molecule has 0 amide bonds. The van der Waals surface area contributed by atoms with E-state index in [1.54, 1.807) is 13.2 Å². The standard InChI is InChI=1S/C9H12N3O.2ClH.Zn/c1-12(2)7-4-5-8(11-10)9(6-7)13-3;;;/h4-6H,1-3H3;2*1H;/q+1;;;/p-2. The SMILES string of the molecule is COc1cc(N(C)C)ccc1[N+]#N.[Cl-].[Cl-].[Zn]. The molecular formula is C9H12Cl2N3OZn-. The Morgan fingerprint density at radius 3 is 2.19 bits per heavy atom. The fraction of sp³-hybridized carbons (Fsp3) is 0.333. The molecule has 1 aromatic rings. The smallest absolute Gasteiger partial charge is 0.426 e. The Morgan fingerprint density at radius 2 is 1.81 bits per heavy atom. The van der Waals surface area contributed by atoms with Gasteiger partial charge in [-0.15, -0.1) is 0 Å². The maximum atomic E-state index is 8.61. The number of nitrogens with zero attached hydrogens (tertiary/aromatic N) is 3. The summed E-state index contributed by atoms with van der Waals surface area (Å²) in [5, 5.41) is 8.61. The molecule has 7 heteroatoms. The summed E-state index contributed by atoms with van der Waals surface area (Å²) in [5.74, 6) is 0.564. The van der Waals surface area contributed by atoms with Gasteiger partial charge in [-0.1, -0.05) is 0 Å². The average Bonchev–Trinajstić information content (AvgIpc) is 2.16. The van der Waals surface area contributed by atoms with Crippen LogP contribution in [0.3, 0.4) is 0 Å². The van der Waals surface area contributed by atoms with Crippen molar-refractivity contribution in [2.75, 3.05) is 26.1 Å². The van der Waals surface area contributed by atoms with Crippen molar-refractivity contribution in [1.82, 2.24) is 0 Å². The van der Waals surface area contributed by atoms with Gasteiger partial charge in [-0.3, -0.25) is 0 Å². The summed E-state index contributed by atoms with van der Waals surface area (Å²) >= 11 is 0. The number of hydrogen-bond acceptors (Lipinski definition) is 3. The third kappa shape index (κ3) is 4.98. The number of hydrogen-bond donors (Lipinski definition) is 0. The van der Waals surface area contributed by atoms with Crippen molar-refractivity contribution < 1.29 is 49.0 Å². The van der Waals surface area contributed by atoms with Crippen LogP contribution in [0.15, 0.2) is 18.2 Å². The summed E-state index contributed by atoms with van der Waals surface area (Å²) in [4.78, 5) is 5.05. The van der Waals surface area contributed by atoms with Crippen molar-refractivity contribution in [3.05, 3.63) is 23.2 Å². The van der Waals surface area contributed by atoms with Crippen molar-refractivity contribution in [2.24, 2.45) is 0 Å². The van der Waals surface area contributed by atoms with Crippen LogP contribution in [0.4, 0.5) is 11.4 Å². The molecule has 0 fully saturated rings. The summed E-state index contributed by atoms with van der Waals surface area (Å²) in [7, 11) is 5.42. The summed E-state index contributed by atoms with van der Waals surface area (Å²) in [6.45, 7) is 0. The topological polar surface area (TPSA) is 40.6 Å². The Hall–Kier alpha value is -0.557. The first-order valence-electron chi connectivity index (χ1n) is 3.89. The zero-order chi connectivity index (χ0) is 9.84. The van der Waals surface area contributed by atoms with Crippen LogP contribution in [0.2, 0.25) is 0 Å². The third-order valence-electron chi connectivity index (χ3n) is 1.79. The Kier molecular flexibility index (Phi) is 12.6. The van der Waals surface area contributed by atoms with Crippen molar-refractivity contribution in [3.8, 4) is 5.75 Å². The maximum absolute atomic E-state index is 8.61. The molecule has 0 aromatic heterocycles. The number of methoxy groups -OCH3 is 1. The van der Waals surface area contributed by atoms with E-state index < -0.39 is 0 Å². The van der Waals surface area contributed by atoms with Gasteiger partial charge in [-0.05, 0) is 6.07 Å². The van der Waals surface area contributed by atoms with Crippen LogP contribution in [0.1, 0.15) is 0 Å². The number of rotatable bonds is 2. The molecule has 0 bridgehead atoms. The molecule has 16 heavy (non-hydrogen) atoms. The van der Waals surface area contributed by atoms with E-state index in [-0.39, 0.29) is 44.3 Å².